The molecule has 1 aromatic carbocycles. The molecular weight excluding hydrogens is 234 g/mol. The van der Waals surface area contributed by atoms with Crippen molar-refractivity contribution in [2.45, 2.75) is 20.5 Å². The summed E-state index contributed by atoms with van der Waals surface area (Å²) < 4.78 is 5.09. The van der Waals surface area contributed by atoms with Crippen LogP contribution in [0.25, 0.3) is 0 Å². The Balaban J connectivity index is 2.52. The maximum atomic E-state index is 11.4. The molecule has 0 aliphatic rings. The maximum absolute atomic E-state index is 11.4. The third kappa shape index (κ3) is 4.12. The number of methoxy groups -OCH3 is 1. The summed E-state index contributed by atoms with van der Waals surface area (Å²) >= 11 is 0. The van der Waals surface area contributed by atoms with Crippen molar-refractivity contribution < 1.29 is 14.5 Å². The van der Waals surface area contributed by atoms with E-state index in [1.807, 2.05) is 38.1 Å². The van der Waals surface area contributed by atoms with Gasteiger partial charge in [0.1, 0.15) is 12.4 Å². The average Bonchev–Trinajstić information content (AvgIpc) is 2.40. The molecule has 0 aliphatic heterocycles. The molecule has 0 atom stereocenters. The SMILES string of the molecule is CCN(CC)/[N+]([O-])=N/OCc1cccc(OC)c1. The molecular formula is C12H19N3O3. The third-order valence-corrected chi connectivity index (χ3v) is 2.46. The van der Waals surface area contributed by atoms with Gasteiger partial charge in [0.25, 0.3) is 0 Å². The minimum Gasteiger partial charge on any atom is -0.569 e. The second-order valence-electron chi connectivity index (χ2n) is 3.60. The van der Waals surface area contributed by atoms with Crippen molar-refractivity contribution in [3.63, 3.8) is 0 Å². The van der Waals surface area contributed by atoms with Crippen LogP contribution in [0, 0.1) is 5.21 Å². The zero-order valence-corrected chi connectivity index (χ0v) is 11.0. The van der Waals surface area contributed by atoms with E-state index in [9.17, 15) is 5.21 Å². The zero-order chi connectivity index (χ0) is 13.4. The summed E-state index contributed by atoms with van der Waals surface area (Å²) in [6, 6.07) is 7.42. The summed E-state index contributed by atoms with van der Waals surface area (Å²) in [6.07, 6.45) is 0. The molecule has 0 aliphatic carbocycles. The Morgan fingerprint density at radius 2 is 2.06 bits per heavy atom. The number of benzene rings is 1. The molecule has 0 unspecified atom stereocenters. The first-order valence-corrected chi connectivity index (χ1v) is 5.89. The van der Waals surface area contributed by atoms with E-state index >= 15 is 0 Å². The lowest BCUT2D eigenvalue weighted by Gasteiger charge is -2.13. The fourth-order valence-electron chi connectivity index (χ4n) is 1.43. The van der Waals surface area contributed by atoms with E-state index in [-0.39, 0.29) is 6.61 Å². The predicted octanol–water partition coefficient (Wildman–Crippen LogP) is 2.35. The largest absolute Gasteiger partial charge is 0.569 e. The maximum Gasteiger partial charge on any atom is 0.233 e. The van der Waals surface area contributed by atoms with Gasteiger partial charge in [0.15, 0.2) is 0 Å². The molecule has 0 saturated heterocycles. The molecule has 1 aromatic rings. The van der Waals surface area contributed by atoms with Crippen molar-refractivity contribution in [3.05, 3.63) is 35.0 Å². The molecule has 0 heterocycles. The highest BCUT2D eigenvalue weighted by atomic mass is 16.7. The fourth-order valence-corrected chi connectivity index (χ4v) is 1.43. The number of hydrazine groups is 1. The molecule has 0 bridgehead atoms. The highest BCUT2D eigenvalue weighted by molar-refractivity contribution is 5.27. The lowest BCUT2D eigenvalue weighted by molar-refractivity contribution is -0.710. The first-order valence-electron chi connectivity index (χ1n) is 5.89. The summed E-state index contributed by atoms with van der Waals surface area (Å²) in [5.41, 5.74) is 0.894. The van der Waals surface area contributed by atoms with Crippen molar-refractivity contribution in [1.82, 2.24) is 5.01 Å². The van der Waals surface area contributed by atoms with E-state index in [1.165, 1.54) is 5.01 Å². The third-order valence-electron chi connectivity index (χ3n) is 2.46. The van der Waals surface area contributed by atoms with E-state index in [0.29, 0.717) is 18.1 Å². The van der Waals surface area contributed by atoms with E-state index in [1.54, 1.807) is 7.11 Å². The van der Waals surface area contributed by atoms with Crippen LogP contribution in [-0.2, 0) is 11.4 Å². The van der Waals surface area contributed by atoms with Crippen LogP contribution in [0.1, 0.15) is 19.4 Å². The van der Waals surface area contributed by atoms with Crippen molar-refractivity contribution in [2.24, 2.45) is 5.28 Å². The van der Waals surface area contributed by atoms with Crippen LogP contribution < -0.4 is 4.74 Å². The Labute approximate surface area is 107 Å². The number of rotatable bonds is 7. The number of hydrogen-bond donors (Lipinski definition) is 0. The lowest BCUT2D eigenvalue weighted by Crippen LogP contribution is -2.30. The molecule has 0 N–H and O–H groups in total. The molecule has 0 radical (unpaired) electrons. The summed E-state index contributed by atoms with van der Waals surface area (Å²) in [5.74, 6) is 0.749. The monoisotopic (exact) mass is 253 g/mol. The van der Waals surface area contributed by atoms with Crippen LogP contribution in [-0.4, -0.2) is 30.2 Å². The van der Waals surface area contributed by atoms with Gasteiger partial charge in [-0.05, 0) is 31.5 Å². The number of hydrogen-bond acceptors (Lipinski definition) is 4. The smallest absolute Gasteiger partial charge is 0.233 e. The van der Waals surface area contributed by atoms with Crippen molar-refractivity contribution in [1.29, 1.82) is 0 Å². The summed E-state index contributed by atoms with van der Waals surface area (Å²) in [6.45, 7) is 5.17. The first kappa shape index (κ1) is 14.1. The standard InChI is InChI=1S/C12H19N3O3/c1-4-14(5-2)15(16)13-18-10-11-7-6-8-12(9-11)17-3/h6-9H,4-5,10H2,1-3H3/b15-13-. The minimum absolute atomic E-state index is 0.233. The molecule has 6 heteroatoms. The predicted molar refractivity (Wildman–Crippen MR) is 66.8 cm³/mol. The minimum atomic E-state index is 0.233. The van der Waals surface area contributed by atoms with Gasteiger partial charge in [-0.25, -0.2) is 0 Å². The van der Waals surface area contributed by atoms with E-state index in [2.05, 4.69) is 5.28 Å². The Bertz CT molecular complexity index is 392. The molecule has 0 aromatic heterocycles. The Kier molecular flexibility index (Phi) is 5.76. The van der Waals surface area contributed by atoms with E-state index in [4.69, 9.17) is 9.57 Å². The van der Waals surface area contributed by atoms with Gasteiger partial charge in [-0.15, -0.1) is 5.01 Å². The van der Waals surface area contributed by atoms with Crippen LogP contribution in [0.3, 0.4) is 0 Å². The molecule has 1 rings (SSSR count). The Morgan fingerprint density at radius 3 is 2.67 bits per heavy atom. The van der Waals surface area contributed by atoms with Gasteiger partial charge in [0.05, 0.1) is 25.2 Å². The molecule has 0 fully saturated rings. The van der Waals surface area contributed by atoms with Gasteiger partial charge in [-0.2, -0.15) is 0 Å². The van der Waals surface area contributed by atoms with Gasteiger partial charge in [-0.1, -0.05) is 12.1 Å². The highest BCUT2D eigenvalue weighted by Crippen LogP contribution is 2.13. The molecule has 0 amide bonds. The average molecular weight is 253 g/mol. The van der Waals surface area contributed by atoms with Crippen LogP contribution in [0.5, 0.6) is 5.75 Å². The number of nitrogens with zero attached hydrogens (tertiary/aromatic N) is 3. The lowest BCUT2D eigenvalue weighted by atomic mass is 10.2. The molecule has 0 saturated carbocycles. The summed E-state index contributed by atoms with van der Waals surface area (Å²) in [4.78, 5) is 5.48. The summed E-state index contributed by atoms with van der Waals surface area (Å²) in [7, 11) is 1.60. The van der Waals surface area contributed by atoms with Gasteiger partial charge in [0, 0.05) is 0 Å². The quantitative estimate of drug-likeness (QED) is 0.425. The number of ether oxygens (including phenoxy) is 1. The van der Waals surface area contributed by atoms with Crippen LogP contribution >= 0.6 is 0 Å². The van der Waals surface area contributed by atoms with Crippen LogP contribution in [0.15, 0.2) is 29.5 Å². The van der Waals surface area contributed by atoms with E-state index < -0.39 is 0 Å². The van der Waals surface area contributed by atoms with Gasteiger partial charge < -0.3 is 14.8 Å². The van der Waals surface area contributed by atoms with Crippen molar-refractivity contribution in [3.8, 4) is 5.75 Å². The normalized spacial score (nSPS) is 11.2. The van der Waals surface area contributed by atoms with Gasteiger partial charge >= 0.3 is 0 Å². The van der Waals surface area contributed by atoms with Crippen molar-refractivity contribution in [2.75, 3.05) is 20.2 Å². The van der Waals surface area contributed by atoms with E-state index in [0.717, 1.165) is 11.3 Å². The Hall–Kier alpha value is -1.98. The topological polar surface area (TPSA) is 60.1 Å². The molecule has 6 nitrogen and oxygen atoms in total. The zero-order valence-electron chi connectivity index (χ0n) is 11.0. The molecule has 0 spiro atoms. The highest BCUT2D eigenvalue weighted by Gasteiger charge is 2.06. The second kappa shape index (κ2) is 7.37. The summed E-state index contributed by atoms with van der Waals surface area (Å²) in [5, 5.41) is 16.4. The Morgan fingerprint density at radius 1 is 1.33 bits per heavy atom. The first-order chi connectivity index (χ1) is 8.71. The molecule has 100 valence electrons. The second-order valence-corrected chi connectivity index (χ2v) is 3.60. The van der Waals surface area contributed by atoms with Crippen molar-refractivity contribution >= 4 is 0 Å². The van der Waals surface area contributed by atoms with Gasteiger partial charge in [-0.3, -0.25) is 0 Å². The molecule has 18 heavy (non-hydrogen) atoms. The fraction of sp³-hybridized carbons (Fsp3) is 0.500. The van der Waals surface area contributed by atoms with Crippen LogP contribution in [0.2, 0.25) is 0 Å². The van der Waals surface area contributed by atoms with Crippen LogP contribution in [0.4, 0.5) is 0 Å². The van der Waals surface area contributed by atoms with Gasteiger partial charge in [0.2, 0.25) is 5.28 Å².